The summed E-state index contributed by atoms with van der Waals surface area (Å²) >= 11 is 1.51. The van der Waals surface area contributed by atoms with Crippen LogP contribution < -0.4 is 5.19 Å². The van der Waals surface area contributed by atoms with Crippen LogP contribution in [0.5, 0.6) is 0 Å². The Morgan fingerprint density at radius 2 is 1.55 bits per heavy atom. The second kappa shape index (κ2) is 16.4. The van der Waals surface area contributed by atoms with Crippen LogP contribution in [0.15, 0.2) is 126 Å². The van der Waals surface area contributed by atoms with Gasteiger partial charge in [-0.2, -0.15) is 0 Å². The number of thiophene rings is 1. The van der Waals surface area contributed by atoms with E-state index < -0.39 is 14.4 Å². The number of pyridine rings is 1. The summed E-state index contributed by atoms with van der Waals surface area (Å²) in [5.74, 6) is 1.35. The van der Waals surface area contributed by atoms with E-state index in [1.165, 1.54) is 22.1 Å². The van der Waals surface area contributed by atoms with Gasteiger partial charge in [0.25, 0.3) is 0 Å². The molecule has 0 bridgehead atoms. The first kappa shape index (κ1) is 37.0. The van der Waals surface area contributed by atoms with E-state index in [4.69, 9.17) is 12.1 Å². The van der Waals surface area contributed by atoms with Crippen LogP contribution in [-0.4, -0.2) is 22.6 Å². The molecule has 4 nitrogen and oxygen atoms in total. The predicted molar refractivity (Wildman–Crippen MR) is 237 cm³/mol. The molecule has 0 saturated heterocycles. The molecule has 4 heterocycles. The molecule has 0 aliphatic rings. The van der Waals surface area contributed by atoms with Crippen molar-refractivity contribution in [3.05, 3.63) is 144 Å². The first-order valence-corrected chi connectivity index (χ1v) is 23.4. The summed E-state index contributed by atoms with van der Waals surface area (Å²) < 4.78 is 26.4. The van der Waals surface area contributed by atoms with Gasteiger partial charge in [-0.05, 0) is 65.8 Å². The number of benzene rings is 5. The molecule has 5 aromatic carbocycles. The number of hydrogen-bond donors (Lipinski definition) is 0. The molecular formula is C49H47IrN3OSSi-2. The molecule has 0 amide bonds. The van der Waals surface area contributed by atoms with Gasteiger partial charge in [0.2, 0.25) is 0 Å². The van der Waals surface area contributed by atoms with Crippen LogP contribution in [0, 0.1) is 23.3 Å². The maximum absolute atomic E-state index is 8.53. The number of imidazole rings is 1. The van der Waals surface area contributed by atoms with Crippen molar-refractivity contribution in [2.45, 2.75) is 60.1 Å². The topological polar surface area (TPSA) is 43.9 Å². The Kier molecular flexibility index (Phi) is 10.9. The zero-order chi connectivity index (χ0) is 40.1. The number of hydrogen-bond acceptors (Lipinski definition) is 4. The molecule has 0 atom stereocenters. The molecule has 7 heteroatoms. The van der Waals surface area contributed by atoms with Crippen LogP contribution in [0.2, 0.25) is 19.6 Å². The summed E-state index contributed by atoms with van der Waals surface area (Å²) in [6.45, 7) is 15.6. The van der Waals surface area contributed by atoms with Crippen molar-refractivity contribution in [1.29, 1.82) is 0 Å². The van der Waals surface area contributed by atoms with Crippen molar-refractivity contribution in [3.8, 4) is 28.3 Å². The van der Waals surface area contributed by atoms with Crippen LogP contribution in [0.1, 0.15) is 41.6 Å². The summed E-state index contributed by atoms with van der Waals surface area (Å²) in [7, 11) is -1.34. The fourth-order valence-corrected chi connectivity index (χ4v) is 9.82. The summed E-state index contributed by atoms with van der Waals surface area (Å²) in [6.07, 6.45) is 1.84. The van der Waals surface area contributed by atoms with Crippen molar-refractivity contribution in [2.75, 3.05) is 0 Å². The predicted octanol–water partition coefficient (Wildman–Crippen LogP) is 13.1. The smallest absolute Gasteiger partial charge is 0.137 e. The number of fused-ring (bicyclic) bond motifs is 5. The van der Waals surface area contributed by atoms with Crippen LogP contribution >= 0.6 is 11.3 Å². The first-order valence-electron chi connectivity index (χ1n) is 20.1. The molecule has 56 heavy (non-hydrogen) atoms. The molecule has 0 unspecified atom stereocenters. The van der Waals surface area contributed by atoms with Crippen molar-refractivity contribution < 1.29 is 27.3 Å². The van der Waals surface area contributed by atoms with Gasteiger partial charge in [-0.25, -0.2) is 0 Å². The zero-order valence-corrected chi connectivity index (χ0v) is 37.1. The Balaban J connectivity index is 0.000000208. The van der Waals surface area contributed by atoms with Gasteiger partial charge in [-0.15, -0.1) is 47.3 Å². The third-order valence-electron chi connectivity index (χ3n) is 9.79. The van der Waals surface area contributed by atoms with Crippen LogP contribution in [-0.2, 0) is 32.9 Å². The summed E-state index contributed by atoms with van der Waals surface area (Å²) in [6, 6.07) is 42.0. The normalized spacial score (nSPS) is 12.6. The molecule has 4 aromatic heterocycles. The van der Waals surface area contributed by atoms with E-state index in [0.29, 0.717) is 11.5 Å². The average Bonchev–Trinajstić information content (AvgIpc) is 3.90. The van der Waals surface area contributed by atoms with Gasteiger partial charge in [0.15, 0.2) is 0 Å². The molecule has 285 valence electrons. The summed E-state index contributed by atoms with van der Waals surface area (Å²) in [5, 5.41) is 8.19. The van der Waals surface area contributed by atoms with Crippen molar-refractivity contribution in [2.24, 2.45) is 11.8 Å². The minimum Gasteiger partial charge on any atom is -0.456 e. The number of para-hydroxylation sites is 3. The molecule has 9 aromatic rings. The van der Waals surface area contributed by atoms with Crippen LogP contribution in [0.25, 0.3) is 71.4 Å². The fraction of sp³-hybridized carbons (Fsp3) is 0.224. The number of aromatic nitrogens is 3. The van der Waals surface area contributed by atoms with Gasteiger partial charge >= 0.3 is 0 Å². The van der Waals surface area contributed by atoms with Crippen LogP contribution in [0.3, 0.4) is 0 Å². The van der Waals surface area contributed by atoms with Gasteiger partial charge in [0.1, 0.15) is 11.2 Å². The third-order valence-corrected chi connectivity index (χ3v) is 12.7. The Hall–Kier alpha value is -4.65. The van der Waals surface area contributed by atoms with Crippen molar-refractivity contribution in [3.63, 3.8) is 0 Å². The molecule has 0 N–H and O–H groups in total. The Labute approximate surface area is 351 Å². The Bertz CT molecular complexity index is 2870. The van der Waals surface area contributed by atoms with Gasteiger partial charge in [-0.3, -0.25) is 16.3 Å². The van der Waals surface area contributed by atoms with Crippen LogP contribution in [0.4, 0.5) is 0 Å². The molecule has 0 aliphatic carbocycles. The molecule has 0 spiro atoms. The van der Waals surface area contributed by atoms with E-state index in [2.05, 4.69) is 103 Å². The molecule has 0 saturated carbocycles. The van der Waals surface area contributed by atoms with E-state index in [1.54, 1.807) is 0 Å². The second-order valence-electron chi connectivity index (χ2n) is 16.0. The van der Waals surface area contributed by atoms with Gasteiger partial charge in [-0.1, -0.05) is 123 Å². The van der Waals surface area contributed by atoms with E-state index >= 15 is 0 Å². The maximum atomic E-state index is 8.53. The van der Waals surface area contributed by atoms with Gasteiger partial charge < -0.3 is 14.0 Å². The molecular weight excluding hydrogens is 899 g/mol. The minimum absolute atomic E-state index is 0. The van der Waals surface area contributed by atoms with Crippen molar-refractivity contribution >= 4 is 67.7 Å². The zero-order valence-electron chi connectivity index (χ0n) is 34.9. The SMILES string of the molecule is CC(C)Cc1cc(-c2[c-]cccc2)ncc1[Si](C)(C)C.[2H]C([2H])(c1ccc2c(-c3nc4ccccc4n3-c3ccc4c(c3)oc3ccccc34)[c-]sc2c1)C(C)C.[Ir]. The Morgan fingerprint density at radius 1 is 0.804 bits per heavy atom. The Morgan fingerprint density at radius 3 is 2.32 bits per heavy atom. The largest absolute Gasteiger partial charge is 0.456 e. The van der Waals surface area contributed by atoms with E-state index in [-0.39, 0.29) is 26.0 Å². The number of rotatable bonds is 8. The first-order chi connectivity index (χ1) is 27.3. The second-order valence-corrected chi connectivity index (χ2v) is 21.9. The minimum atomic E-state index is -1.40. The summed E-state index contributed by atoms with van der Waals surface area (Å²) in [5.41, 5.74) is 9.80. The molecule has 1 radical (unpaired) electrons. The van der Waals surface area contributed by atoms with Crippen molar-refractivity contribution in [1.82, 2.24) is 14.5 Å². The van der Waals surface area contributed by atoms with E-state index in [9.17, 15) is 0 Å². The monoisotopic (exact) mass is 948 g/mol. The third kappa shape index (κ3) is 8.10. The van der Waals surface area contributed by atoms with Gasteiger partial charge in [0, 0.05) is 51.6 Å². The van der Waals surface area contributed by atoms with Gasteiger partial charge in [0.05, 0.1) is 24.9 Å². The molecule has 0 aliphatic heterocycles. The number of furan rings is 1. The summed E-state index contributed by atoms with van der Waals surface area (Å²) in [4.78, 5) is 9.72. The molecule has 9 rings (SSSR count). The molecule has 0 fully saturated rings. The standard InChI is InChI=1S/C31H23N2OS.C18H24NSi.Ir/c1-19(2)15-20-11-13-24-25(18-35-30(24)16-20)31-32-26-8-4-5-9-27(26)33(31)21-12-14-23-22-7-3-6-10-28(22)34-29(23)17-21;1-14(2)11-16-12-17(15-9-7-6-8-10-15)19-13-18(16)20(3,4)5;/h3-14,16-17,19H,15H2,1-2H3;6-9,12-14H,11H2,1-5H3;/q2*-1;/i15D2;;. The quantitative estimate of drug-likeness (QED) is 0.113. The van der Waals surface area contributed by atoms with E-state index in [0.717, 1.165) is 77.8 Å². The average molecular weight is 948 g/mol. The number of nitrogens with zero attached hydrogens (tertiary/aromatic N) is 3. The fourth-order valence-electron chi connectivity index (χ4n) is 7.35. The maximum Gasteiger partial charge on any atom is 0.137 e. The van der Waals surface area contributed by atoms with E-state index in [1.807, 2.05) is 86.6 Å².